The van der Waals surface area contributed by atoms with Gasteiger partial charge in [0.15, 0.2) is 0 Å². The minimum absolute atomic E-state index is 0.0352. The van der Waals surface area contributed by atoms with Crippen LogP contribution in [0.5, 0.6) is 0 Å². The normalized spacial score (nSPS) is 15.4. The fourth-order valence-corrected chi connectivity index (χ4v) is 5.62. The Morgan fingerprint density at radius 2 is 1.94 bits per heavy atom. The first-order valence-corrected chi connectivity index (χ1v) is 12.6. The molecule has 0 saturated carbocycles. The van der Waals surface area contributed by atoms with Crippen LogP contribution in [0.2, 0.25) is 10.0 Å². The lowest BCUT2D eigenvalue weighted by molar-refractivity contribution is 0.146. The topological polar surface area (TPSA) is 70.0 Å². The highest BCUT2D eigenvalue weighted by atomic mass is 35.5. The zero-order valence-electron chi connectivity index (χ0n) is 20.3. The first-order chi connectivity index (χ1) is 17.2. The molecule has 0 radical (unpaired) electrons. The van der Waals surface area contributed by atoms with Crippen molar-refractivity contribution in [3.63, 3.8) is 0 Å². The third-order valence-corrected chi connectivity index (χ3v) is 7.68. The quantitative estimate of drug-likeness (QED) is 0.314. The number of likely N-dealkylation sites (tertiary alicyclic amines) is 1. The first-order valence-electron chi connectivity index (χ1n) is 11.9. The monoisotopic (exact) mass is 528 g/mol. The van der Waals surface area contributed by atoms with Crippen molar-refractivity contribution < 1.29 is 9.18 Å². The maximum atomic E-state index is 14.2. The summed E-state index contributed by atoms with van der Waals surface area (Å²) >= 11 is 12.7. The van der Waals surface area contributed by atoms with Crippen LogP contribution in [-0.2, 0) is 0 Å². The van der Waals surface area contributed by atoms with Crippen molar-refractivity contribution >= 4 is 40.3 Å². The third-order valence-electron chi connectivity index (χ3n) is 6.97. The average Bonchev–Trinajstić information content (AvgIpc) is 3.53. The second kappa shape index (κ2) is 9.75. The molecule has 5 rings (SSSR count). The smallest absolute Gasteiger partial charge is 0.319 e. The number of hydrogen-bond donors (Lipinski definition) is 1. The number of carbonyl (C=O) groups excluding carboxylic acids is 1. The number of aromatic amines is 1. The van der Waals surface area contributed by atoms with E-state index in [9.17, 15) is 9.18 Å². The van der Waals surface area contributed by atoms with Gasteiger partial charge in [0.2, 0.25) is 0 Å². The number of benzene rings is 1. The summed E-state index contributed by atoms with van der Waals surface area (Å²) < 4.78 is 16.2. The lowest BCUT2D eigenvalue weighted by atomic mass is 9.92. The van der Waals surface area contributed by atoms with Crippen LogP contribution in [-0.4, -0.2) is 62.8 Å². The Morgan fingerprint density at radius 3 is 2.67 bits per heavy atom. The minimum atomic E-state index is -0.495. The Labute approximate surface area is 218 Å². The summed E-state index contributed by atoms with van der Waals surface area (Å²) in [4.78, 5) is 23.5. The van der Waals surface area contributed by atoms with E-state index >= 15 is 0 Å². The summed E-state index contributed by atoms with van der Waals surface area (Å²) in [7, 11) is 3.55. The average molecular weight is 529 g/mol. The van der Waals surface area contributed by atoms with E-state index in [1.165, 1.54) is 12.1 Å². The van der Waals surface area contributed by atoms with Crippen LogP contribution in [0.4, 0.5) is 9.18 Å². The van der Waals surface area contributed by atoms with Gasteiger partial charge in [0.05, 0.1) is 17.3 Å². The zero-order valence-corrected chi connectivity index (χ0v) is 21.8. The van der Waals surface area contributed by atoms with E-state index in [1.54, 1.807) is 19.0 Å². The lowest BCUT2D eigenvalue weighted by Gasteiger charge is -2.33. The zero-order chi connectivity index (χ0) is 25.6. The second-order valence-electron chi connectivity index (χ2n) is 9.45. The Balaban J connectivity index is 1.40. The fourth-order valence-electron chi connectivity index (χ4n) is 4.93. The molecule has 1 saturated heterocycles. The fraction of sp³-hybridized carbons (Fsp3) is 0.346. The highest BCUT2D eigenvalue weighted by Gasteiger charge is 2.26. The summed E-state index contributed by atoms with van der Waals surface area (Å²) in [5.41, 5.74) is 4.10. The second-order valence-corrected chi connectivity index (χ2v) is 10.2. The molecule has 2 amide bonds. The van der Waals surface area contributed by atoms with Gasteiger partial charge in [-0.2, -0.15) is 5.10 Å². The number of aromatic nitrogens is 4. The standard InChI is InChI=1S/C26H27Cl2FN6O/c1-15(23-21(27)4-5-22(29)24(23)28)20-13-31-25-19(20)10-16(11-30-25)17-12-32-35(14-17)18-6-8-34(9-7-18)26(36)33(2)3/h4-5,10-15,18H,6-9H2,1-3H3,(H,30,31). The van der Waals surface area contributed by atoms with Crippen LogP contribution < -0.4 is 0 Å². The number of amides is 2. The number of pyridine rings is 1. The number of carbonyl (C=O) groups is 1. The molecule has 1 fully saturated rings. The number of urea groups is 1. The molecule has 1 aliphatic rings. The van der Waals surface area contributed by atoms with Crippen LogP contribution >= 0.6 is 23.2 Å². The molecule has 10 heteroatoms. The van der Waals surface area contributed by atoms with Crippen LogP contribution in [0, 0.1) is 5.82 Å². The van der Waals surface area contributed by atoms with Crippen LogP contribution in [0.1, 0.15) is 42.9 Å². The van der Waals surface area contributed by atoms with Crippen molar-refractivity contribution in [1.29, 1.82) is 0 Å². The number of nitrogens with one attached hydrogen (secondary N) is 1. The highest BCUT2D eigenvalue weighted by molar-refractivity contribution is 6.36. The van der Waals surface area contributed by atoms with Crippen molar-refractivity contribution in [2.75, 3.05) is 27.2 Å². The summed E-state index contributed by atoms with van der Waals surface area (Å²) in [5, 5.41) is 5.99. The molecule has 36 heavy (non-hydrogen) atoms. The van der Waals surface area contributed by atoms with E-state index < -0.39 is 5.82 Å². The highest BCUT2D eigenvalue weighted by Crippen LogP contribution is 2.39. The molecule has 1 unspecified atom stereocenters. The molecule has 4 aromatic rings. The van der Waals surface area contributed by atoms with Crippen molar-refractivity contribution in [2.45, 2.75) is 31.7 Å². The van der Waals surface area contributed by atoms with Crippen molar-refractivity contribution in [3.05, 3.63) is 70.0 Å². The largest absolute Gasteiger partial charge is 0.346 e. The molecule has 1 aromatic carbocycles. The molecule has 188 valence electrons. The van der Waals surface area contributed by atoms with Gasteiger partial charge in [0, 0.05) is 73.2 Å². The Hall–Kier alpha value is -3.10. The van der Waals surface area contributed by atoms with Gasteiger partial charge in [-0.1, -0.05) is 30.1 Å². The minimum Gasteiger partial charge on any atom is -0.346 e. The van der Waals surface area contributed by atoms with Gasteiger partial charge in [-0.05, 0) is 42.2 Å². The SMILES string of the molecule is CC(c1c(Cl)ccc(F)c1Cl)c1c[nH]c2ncc(-c3cnn(C4CCN(C(=O)N(C)C)CC4)c3)cc12. The number of H-pyrrole nitrogens is 1. The number of hydrogen-bond acceptors (Lipinski definition) is 3. The third kappa shape index (κ3) is 4.44. The Morgan fingerprint density at radius 1 is 1.19 bits per heavy atom. The van der Waals surface area contributed by atoms with Gasteiger partial charge in [-0.3, -0.25) is 4.68 Å². The molecule has 1 N–H and O–H groups in total. The summed E-state index contributed by atoms with van der Waals surface area (Å²) in [6.07, 6.45) is 9.27. The van der Waals surface area contributed by atoms with E-state index in [4.69, 9.17) is 23.2 Å². The lowest BCUT2D eigenvalue weighted by Crippen LogP contribution is -2.44. The maximum absolute atomic E-state index is 14.2. The summed E-state index contributed by atoms with van der Waals surface area (Å²) in [6.45, 7) is 3.37. The van der Waals surface area contributed by atoms with E-state index in [2.05, 4.69) is 21.1 Å². The van der Waals surface area contributed by atoms with Gasteiger partial charge in [-0.15, -0.1) is 0 Å². The predicted molar refractivity (Wildman–Crippen MR) is 140 cm³/mol. The molecular formula is C26H27Cl2FN6O. The van der Waals surface area contributed by atoms with Gasteiger partial charge in [0.1, 0.15) is 11.5 Å². The van der Waals surface area contributed by atoms with Gasteiger partial charge in [-0.25, -0.2) is 14.2 Å². The van der Waals surface area contributed by atoms with Gasteiger partial charge >= 0.3 is 6.03 Å². The molecule has 0 bridgehead atoms. The van der Waals surface area contributed by atoms with E-state index in [-0.39, 0.29) is 23.0 Å². The predicted octanol–water partition coefficient (Wildman–Crippen LogP) is 6.34. The van der Waals surface area contributed by atoms with Crippen molar-refractivity contribution in [2.24, 2.45) is 0 Å². The number of piperidine rings is 1. The van der Waals surface area contributed by atoms with E-state index in [1.807, 2.05) is 41.3 Å². The maximum Gasteiger partial charge on any atom is 0.319 e. The summed E-state index contributed by atoms with van der Waals surface area (Å²) in [6, 6.07) is 5.15. The molecule has 1 aliphatic heterocycles. The Kier molecular flexibility index (Phi) is 6.66. The molecule has 0 spiro atoms. The van der Waals surface area contributed by atoms with Gasteiger partial charge < -0.3 is 14.8 Å². The number of fused-ring (bicyclic) bond motifs is 1. The van der Waals surface area contributed by atoms with Crippen molar-refractivity contribution in [3.8, 4) is 11.1 Å². The molecule has 4 heterocycles. The number of halogens is 3. The van der Waals surface area contributed by atoms with Crippen LogP contribution in [0.3, 0.4) is 0 Å². The number of nitrogens with zero attached hydrogens (tertiary/aromatic N) is 5. The molecule has 1 atom stereocenters. The molecule has 0 aliphatic carbocycles. The molecule has 7 nitrogen and oxygen atoms in total. The Bertz CT molecular complexity index is 1420. The first kappa shape index (κ1) is 24.6. The van der Waals surface area contributed by atoms with Crippen LogP contribution in [0.15, 0.2) is 43.0 Å². The molecular weight excluding hydrogens is 502 g/mol. The van der Waals surface area contributed by atoms with E-state index in [0.717, 1.165) is 40.6 Å². The summed E-state index contributed by atoms with van der Waals surface area (Å²) in [5.74, 6) is -0.741. The molecule has 3 aromatic heterocycles. The van der Waals surface area contributed by atoms with E-state index in [0.29, 0.717) is 23.7 Å². The van der Waals surface area contributed by atoms with Crippen molar-refractivity contribution in [1.82, 2.24) is 29.5 Å². The van der Waals surface area contributed by atoms with Gasteiger partial charge in [0.25, 0.3) is 0 Å². The number of rotatable bonds is 4. The van der Waals surface area contributed by atoms with Crippen LogP contribution in [0.25, 0.3) is 22.2 Å².